The zero-order valence-electron chi connectivity index (χ0n) is 9.97. The molecule has 0 amide bonds. The maximum atomic E-state index is 5.30. The summed E-state index contributed by atoms with van der Waals surface area (Å²) in [6, 6.07) is 6.82. The second kappa shape index (κ2) is 8.12. The van der Waals surface area contributed by atoms with E-state index < -0.39 is 0 Å². The summed E-state index contributed by atoms with van der Waals surface area (Å²) in [6.07, 6.45) is 8.31. The van der Waals surface area contributed by atoms with Gasteiger partial charge in [-0.05, 0) is 65.7 Å². The zero-order chi connectivity index (χ0) is 12.7. The number of rotatable bonds is 6. The van der Waals surface area contributed by atoms with E-state index in [9.17, 15) is 0 Å². The van der Waals surface area contributed by atoms with E-state index in [1.54, 1.807) is 0 Å². The molecule has 17 heavy (non-hydrogen) atoms. The summed E-state index contributed by atoms with van der Waals surface area (Å²) in [7, 11) is 0. The fraction of sp³-hybridized carbons (Fsp3) is 0.429. The lowest BCUT2D eigenvalue weighted by molar-refractivity contribution is 0.500. The Hall–Kier alpha value is -0.0500. The maximum absolute atomic E-state index is 5.30. The molecule has 0 saturated carbocycles. The van der Waals surface area contributed by atoms with Gasteiger partial charge in [-0.1, -0.05) is 22.9 Å². The van der Waals surface area contributed by atoms with Crippen molar-refractivity contribution in [1.82, 2.24) is 5.32 Å². The fourth-order valence-electron chi connectivity index (χ4n) is 1.80. The molecule has 0 saturated heterocycles. The molecule has 92 valence electrons. The molecule has 0 spiro atoms. The van der Waals surface area contributed by atoms with Gasteiger partial charge in [0.2, 0.25) is 0 Å². The van der Waals surface area contributed by atoms with Crippen LogP contribution in [0.2, 0.25) is 0 Å². The summed E-state index contributed by atoms with van der Waals surface area (Å²) in [5.74, 6) is 2.70. The second-order valence-electron chi connectivity index (χ2n) is 3.87. The van der Waals surface area contributed by atoms with Crippen LogP contribution in [0, 0.1) is 15.9 Å². The van der Waals surface area contributed by atoms with Gasteiger partial charge in [-0.2, -0.15) is 0 Å². The Labute approximate surface area is 126 Å². The van der Waals surface area contributed by atoms with Crippen molar-refractivity contribution in [1.29, 1.82) is 0 Å². The highest BCUT2D eigenvalue weighted by atomic mass is 127. The summed E-state index contributed by atoms with van der Waals surface area (Å²) in [5.41, 5.74) is 1.36. The first-order valence-electron chi connectivity index (χ1n) is 5.80. The Bertz CT molecular complexity index is 398. The molecule has 0 aliphatic carbocycles. The molecule has 1 rings (SSSR count). The lowest BCUT2D eigenvalue weighted by atomic mass is 10.0. The number of hydrogen-bond donors (Lipinski definition) is 1. The molecule has 0 fully saturated rings. The summed E-state index contributed by atoms with van der Waals surface area (Å²) >= 11 is 5.93. The van der Waals surface area contributed by atoms with E-state index in [-0.39, 0.29) is 0 Å². The highest BCUT2D eigenvalue weighted by Gasteiger charge is 2.13. The summed E-state index contributed by atoms with van der Waals surface area (Å²) in [6.45, 7) is 3.11. The van der Waals surface area contributed by atoms with Gasteiger partial charge in [0, 0.05) is 20.5 Å². The van der Waals surface area contributed by atoms with Crippen LogP contribution in [-0.4, -0.2) is 6.54 Å². The highest BCUT2D eigenvalue weighted by molar-refractivity contribution is 14.1. The molecule has 1 N–H and O–H groups in total. The molecule has 1 aromatic carbocycles. The molecule has 0 aromatic heterocycles. The van der Waals surface area contributed by atoms with Gasteiger partial charge >= 0.3 is 0 Å². The summed E-state index contributed by atoms with van der Waals surface area (Å²) in [4.78, 5) is 0. The van der Waals surface area contributed by atoms with E-state index in [4.69, 9.17) is 6.42 Å². The van der Waals surface area contributed by atoms with Gasteiger partial charge in [-0.15, -0.1) is 12.3 Å². The number of nitrogens with one attached hydrogen (secondary N) is 1. The molecule has 0 heterocycles. The smallest absolute Gasteiger partial charge is 0.0331 e. The predicted molar refractivity (Wildman–Crippen MR) is 86.0 cm³/mol. The van der Waals surface area contributed by atoms with Crippen LogP contribution in [0.1, 0.15) is 37.8 Å². The number of hydrogen-bond acceptors (Lipinski definition) is 1. The third kappa shape index (κ3) is 4.99. The largest absolute Gasteiger partial charge is 0.310 e. The normalized spacial score (nSPS) is 12.1. The van der Waals surface area contributed by atoms with Gasteiger partial charge in [0.05, 0.1) is 0 Å². The van der Waals surface area contributed by atoms with Crippen molar-refractivity contribution in [3.8, 4) is 12.3 Å². The monoisotopic (exact) mass is 405 g/mol. The van der Waals surface area contributed by atoms with E-state index >= 15 is 0 Å². The van der Waals surface area contributed by atoms with Gasteiger partial charge in [0.1, 0.15) is 0 Å². The van der Waals surface area contributed by atoms with Crippen LogP contribution in [0.3, 0.4) is 0 Å². The Morgan fingerprint density at radius 2 is 2.29 bits per heavy atom. The van der Waals surface area contributed by atoms with Crippen LogP contribution >= 0.6 is 38.5 Å². The molecule has 0 aliphatic rings. The first-order valence-corrected chi connectivity index (χ1v) is 7.68. The Morgan fingerprint density at radius 3 is 2.94 bits per heavy atom. The van der Waals surface area contributed by atoms with Gasteiger partial charge < -0.3 is 5.32 Å². The predicted octanol–water partition coefficient (Wildman–Crippen LogP) is 4.51. The van der Waals surface area contributed by atoms with E-state index in [0.717, 1.165) is 30.3 Å². The average molecular weight is 406 g/mol. The van der Waals surface area contributed by atoms with E-state index in [0.29, 0.717) is 6.04 Å². The van der Waals surface area contributed by atoms with Crippen LogP contribution in [0.15, 0.2) is 22.7 Å². The molecule has 1 unspecified atom stereocenters. The number of unbranched alkanes of at least 4 members (excludes halogenated alkanes) is 1. The van der Waals surface area contributed by atoms with Crippen LogP contribution in [0.25, 0.3) is 0 Å². The van der Waals surface area contributed by atoms with Gasteiger partial charge in [-0.25, -0.2) is 0 Å². The quantitative estimate of drug-likeness (QED) is 0.417. The van der Waals surface area contributed by atoms with Crippen LogP contribution in [-0.2, 0) is 0 Å². The zero-order valence-corrected chi connectivity index (χ0v) is 13.7. The third-order valence-electron chi connectivity index (χ3n) is 2.60. The average Bonchev–Trinajstić information content (AvgIpc) is 2.32. The van der Waals surface area contributed by atoms with Crippen molar-refractivity contribution in [2.75, 3.05) is 6.54 Å². The maximum Gasteiger partial charge on any atom is 0.0331 e. The van der Waals surface area contributed by atoms with Crippen LogP contribution < -0.4 is 5.32 Å². The van der Waals surface area contributed by atoms with Gasteiger partial charge in [0.25, 0.3) is 0 Å². The number of halogens is 2. The van der Waals surface area contributed by atoms with E-state index in [2.05, 4.69) is 74.9 Å². The van der Waals surface area contributed by atoms with Crippen LogP contribution in [0.4, 0.5) is 0 Å². The van der Waals surface area contributed by atoms with Crippen molar-refractivity contribution < 1.29 is 0 Å². The molecular weight excluding hydrogens is 389 g/mol. The molecule has 1 atom stereocenters. The van der Waals surface area contributed by atoms with E-state index in [1.165, 1.54) is 9.13 Å². The summed E-state index contributed by atoms with van der Waals surface area (Å²) < 4.78 is 2.44. The standard InChI is InChI=1S/C14H17BrIN/c1-3-5-6-7-14(17-4-2)12-10-11(15)8-9-13(12)16/h1,8-10,14,17H,4-7H2,2H3. The highest BCUT2D eigenvalue weighted by Crippen LogP contribution is 2.27. The van der Waals surface area contributed by atoms with E-state index in [1.807, 2.05) is 0 Å². The lowest BCUT2D eigenvalue weighted by Gasteiger charge is -2.19. The molecule has 0 radical (unpaired) electrons. The van der Waals surface area contributed by atoms with Crippen molar-refractivity contribution in [2.45, 2.75) is 32.2 Å². The molecule has 1 nitrogen and oxygen atoms in total. The lowest BCUT2D eigenvalue weighted by Crippen LogP contribution is -2.21. The third-order valence-corrected chi connectivity index (χ3v) is 4.07. The van der Waals surface area contributed by atoms with Gasteiger partial charge in [-0.3, -0.25) is 0 Å². The van der Waals surface area contributed by atoms with Crippen molar-refractivity contribution in [3.63, 3.8) is 0 Å². The summed E-state index contributed by atoms with van der Waals surface area (Å²) in [5, 5.41) is 3.53. The Morgan fingerprint density at radius 1 is 1.53 bits per heavy atom. The SMILES string of the molecule is C#CCCCC(NCC)c1cc(Br)ccc1I. The Kier molecular flexibility index (Phi) is 7.17. The second-order valence-corrected chi connectivity index (χ2v) is 5.95. The van der Waals surface area contributed by atoms with Crippen LogP contribution in [0.5, 0.6) is 0 Å². The van der Waals surface area contributed by atoms with Crippen molar-refractivity contribution in [2.24, 2.45) is 0 Å². The fourth-order valence-corrected chi connectivity index (χ4v) is 2.89. The minimum atomic E-state index is 0.401. The molecule has 1 aromatic rings. The van der Waals surface area contributed by atoms with Crippen molar-refractivity contribution in [3.05, 3.63) is 31.8 Å². The van der Waals surface area contributed by atoms with Crippen molar-refractivity contribution >= 4 is 38.5 Å². The molecule has 0 aliphatic heterocycles. The minimum absolute atomic E-state index is 0.401. The topological polar surface area (TPSA) is 12.0 Å². The minimum Gasteiger partial charge on any atom is -0.310 e. The van der Waals surface area contributed by atoms with Gasteiger partial charge in [0.15, 0.2) is 0 Å². The molecule has 3 heteroatoms. The first-order chi connectivity index (χ1) is 8.19. The first kappa shape index (κ1) is 15.0. The Balaban J connectivity index is 2.81. The molecular formula is C14H17BrIN. The number of terminal acetylenes is 1. The number of benzene rings is 1. The molecule has 0 bridgehead atoms.